The van der Waals surface area contributed by atoms with Gasteiger partial charge in [-0.05, 0) is 43.7 Å². The molecule has 30 heavy (non-hydrogen) atoms. The zero-order valence-electron chi connectivity index (χ0n) is 17.1. The Balaban J connectivity index is 1.85. The zero-order chi connectivity index (χ0) is 21.7. The van der Waals surface area contributed by atoms with Crippen LogP contribution in [0.15, 0.2) is 65.5 Å². The molecule has 0 aliphatic carbocycles. The lowest BCUT2D eigenvalue weighted by Crippen LogP contribution is -2.34. The Bertz CT molecular complexity index is 1100. The summed E-state index contributed by atoms with van der Waals surface area (Å²) in [5, 5.41) is 7.22. The number of benzene rings is 2. The lowest BCUT2D eigenvalue weighted by molar-refractivity contribution is -0.119. The molecule has 2 aromatic carbocycles. The number of hydrogen-bond donors (Lipinski definition) is 1. The van der Waals surface area contributed by atoms with Gasteiger partial charge in [0.25, 0.3) is 5.56 Å². The second-order valence-corrected chi connectivity index (χ2v) is 6.85. The van der Waals surface area contributed by atoms with Crippen molar-refractivity contribution in [3.05, 3.63) is 82.1 Å². The van der Waals surface area contributed by atoms with E-state index in [2.05, 4.69) is 15.2 Å². The van der Waals surface area contributed by atoms with Crippen molar-refractivity contribution in [2.24, 2.45) is 0 Å². The lowest BCUT2D eigenvalue weighted by atomic mass is 10.1. The van der Waals surface area contributed by atoms with Crippen molar-refractivity contribution in [3.8, 4) is 11.3 Å². The van der Waals surface area contributed by atoms with Gasteiger partial charge >= 0.3 is 5.97 Å². The quantitative estimate of drug-likeness (QED) is 0.633. The van der Waals surface area contributed by atoms with E-state index in [0.29, 0.717) is 23.4 Å². The van der Waals surface area contributed by atoms with Gasteiger partial charge in [-0.3, -0.25) is 9.59 Å². The number of nitrogens with zero attached hydrogens (tertiary/aromatic N) is 2. The Morgan fingerprint density at radius 2 is 1.70 bits per heavy atom. The first-order valence-electron chi connectivity index (χ1n) is 9.59. The second kappa shape index (κ2) is 9.17. The van der Waals surface area contributed by atoms with E-state index in [-0.39, 0.29) is 11.5 Å². The van der Waals surface area contributed by atoms with Crippen LogP contribution in [0.1, 0.15) is 35.3 Å². The Hall–Kier alpha value is -3.74. The monoisotopic (exact) mass is 405 g/mol. The first kappa shape index (κ1) is 21.0. The first-order chi connectivity index (χ1) is 14.4. The van der Waals surface area contributed by atoms with Gasteiger partial charge in [-0.15, -0.1) is 0 Å². The highest BCUT2D eigenvalue weighted by Gasteiger charge is 2.21. The van der Waals surface area contributed by atoms with Gasteiger partial charge in [0, 0.05) is 17.3 Å². The first-order valence-corrected chi connectivity index (χ1v) is 9.59. The summed E-state index contributed by atoms with van der Waals surface area (Å²) >= 11 is 0. The third-order valence-electron chi connectivity index (χ3n) is 4.73. The molecule has 0 aliphatic rings. The molecule has 1 amide bonds. The summed E-state index contributed by atoms with van der Waals surface area (Å²) < 4.78 is 5.88. The van der Waals surface area contributed by atoms with Crippen LogP contribution in [0, 0.1) is 6.92 Å². The molecular formula is C23H23N3O4. The molecule has 7 nitrogen and oxygen atoms in total. The second-order valence-electron chi connectivity index (χ2n) is 6.85. The average molecular weight is 405 g/mol. The Kier molecular flexibility index (Phi) is 6.41. The minimum absolute atomic E-state index is 0.353. The SMILES string of the molecule is CCC(C(=O)Nc1ccc(C(=O)OC)cc1)n1nc(-c2ccc(C)cc2)ccc1=O. The van der Waals surface area contributed by atoms with Crippen LogP contribution < -0.4 is 10.9 Å². The number of nitrogens with one attached hydrogen (secondary N) is 1. The van der Waals surface area contributed by atoms with Gasteiger partial charge in [-0.1, -0.05) is 36.8 Å². The number of carbonyl (C=O) groups is 2. The maximum Gasteiger partial charge on any atom is 0.337 e. The van der Waals surface area contributed by atoms with Crippen LogP contribution in [-0.2, 0) is 9.53 Å². The summed E-state index contributed by atoms with van der Waals surface area (Å²) in [5.41, 5.74) is 3.14. The highest BCUT2D eigenvalue weighted by molar-refractivity contribution is 5.95. The number of methoxy groups -OCH3 is 1. The molecule has 7 heteroatoms. The maximum atomic E-state index is 12.9. The minimum atomic E-state index is -0.775. The van der Waals surface area contributed by atoms with Crippen LogP contribution in [-0.4, -0.2) is 28.8 Å². The van der Waals surface area contributed by atoms with Crippen molar-refractivity contribution >= 4 is 17.6 Å². The molecule has 0 saturated carbocycles. The summed E-state index contributed by atoms with van der Waals surface area (Å²) in [5.74, 6) is -0.818. The van der Waals surface area contributed by atoms with Gasteiger partial charge in [0.05, 0.1) is 18.4 Å². The highest BCUT2D eigenvalue weighted by Crippen LogP contribution is 2.19. The summed E-state index contributed by atoms with van der Waals surface area (Å²) in [6, 6.07) is 16.4. The predicted octanol–water partition coefficient (Wildman–Crippen LogP) is 3.60. The number of amides is 1. The number of rotatable bonds is 6. The van der Waals surface area contributed by atoms with Gasteiger partial charge in [-0.2, -0.15) is 5.10 Å². The zero-order valence-corrected chi connectivity index (χ0v) is 17.1. The summed E-state index contributed by atoms with van der Waals surface area (Å²) in [6.07, 6.45) is 0.385. The van der Waals surface area contributed by atoms with Gasteiger partial charge < -0.3 is 10.1 Å². The van der Waals surface area contributed by atoms with Crippen molar-refractivity contribution in [1.82, 2.24) is 9.78 Å². The fourth-order valence-electron chi connectivity index (χ4n) is 3.03. The van der Waals surface area contributed by atoms with Crippen LogP contribution in [0.3, 0.4) is 0 Å². The molecule has 1 heterocycles. The molecule has 0 fully saturated rings. The van der Waals surface area contributed by atoms with Crippen LogP contribution in [0.25, 0.3) is 11.3 Å². The number of esters is 1. The van der Waals surface area contributed by atoms with Crippen LogP contribution in [0.2, 0.25) is 0 Å². The third kappa shape index (κ3) is 4.63. The number of aromatic nitrogens is 2. The van der Waals surface area contributed by atoms with Gasteiger partial charge in [0.15, 0.2) is 0 Å². The summed E-state index contributed by atoms with van der Waals surface area (Å²) in [7, 11) is 1.30. The molecule has 154 valence electrons. The standard InChI is InChI=1S/C23H23N3O4/c1-4-20(22(28)24-18-11-9-17(10-12-18)23(29)30-3)26-21(27)14-13-19(25-26)16-7-5-15(2)6-8-16/h5-14,20H,4H2,1-3H3,(H,24,28). The van der Waals surface area contributed by atoms with Crippen molar-refractivity contribution in [2.75, 3.05) is 12.4 Å². The van der Waals surface area contributed by atoms with Gasteiger partial charge in [0.1, 0.15) is 6.04 Å². The van der Waals surface area contributed by atoms with E-state index in [0.717, 1.165) is 11.1 Å². The Morgan fingerprint density at radius 1 is 1.03 bits per heavy atom. The van der Waals surface area contributed by atoms with Crippen LogP contribution >= 0.6 is 0 Å². The summed E-state index contributed by atoms with van der Waals surface area (Å²) in [6.45, 7) is 3.81. The van der Waals surface area contributed by atoms with E-state index in [4.69, 9.17) is 0 Å². The molecule has 1 unspecified atom stereocenters. The maximum absolute atomic E-state index is 12.9. The molecule has 3 rings (SSSR count). The number of carbonyl (C=O) groups excluding carboxylic acids is 2. The predicted molar refractivity (Wildman–Crippen MR) is 114 cm³/mol. The van der Waals surface area contributed by atoms with E-state index in [1.807, 2.05) is 38.1 Å². The smallest absolute Gasteiger partial charge is 0.337 e. The van der Waals surface area contributed by atoms with E-state index in [9.17, 15) is 14.4 Å². The Labute approximate surface area is 174 Å². The molecule has 0 radical (unpaired) electrons. The van der Waals surface area contributed by atoms with Crippen molar-refractivity contribution < 1.29 is 14.3 Å². The molecule has 3 aromatic rings. The normalized spacial score (nSPS) is 11.6. The van der Waals surface area contributed by atoms with Crippen molar-refractivity contribution in [3.63, 3.8) is 0 Å². The number of hydrogen-bond acceptors (Lipinski definition) is 5. The molecule has 0 bridgehead atoms. The fourth-order valence-corrected chi connectivity index (χ4v) is 3.03. The summed E-state index contributed by atoms with van der Waals surface area (Å²) in [4.78, 5) is 36.8. The molecule has 1 N–H and O–H groups in total. The Morgan fingerprint density at radius 3 is 2.30 bits per heavy atom. The van der Waals surface area contributed by atoms with Gasteiger partial charge in [0.2, 0.25) is 5.91 Å². The topological polar surface area (TPSA) is 90.3 Å². The minimum Gasteiger partial charge on any atom is -0.465 e. The lowest BCUT2D eigenvalue weighted by Gasteiger charge is -2.17. The average Bonchev–Trinajstić information content (AvgIpc) is 2.76. The van der Waals surface area contributed by atoms with E-state index in [1.54, 1.807) is 30.3 Å². The number of aryl methyl sites for hydroxylation is 1. The molecule has 0 saturated heterocycles. The van der Waals surface area contributed by atoms with E-state index < -0.39 is 12.0 Å². The molecule has 1 aromatic heterocycles. The fraction of sp³-hybridized carbons (Fsp3) is 0.217. The van der Waals surface area contributed by atoms with Crippen LogP contribution in [0.4, 0.5) is 5.69 Å². The van der Waals surface area contributed by atoms with Gasteiger partial charge in [-0.25, -0.2) is 9.48 Å². The van der Waals surface area contributed by atoms with E-state index >= 15 is 0 Å². The third-order valence-corrected chi connectivity index (χ3v) is 4.73. The highest BCUT2D eigenvalue weighted by atomic mass is 16.5. The molecule has 1 atom stereocenters. The largest absolute Gasteiger partial charge is 0.465 e. The molecular weight excluding hydrogens is 382 g/mol. The number of anilines is 1. The molecule has 0 aliphatic heterocycles. The molecule has 0 spiro atoms. The van der Waals surface area contributed by atoms with E-state index in [1.165, 1.54) is 17.9 Å². The van der Waals surface area contributed by atoms with Crippen LogP contribution in [0.5, 0.6) is 0 Å². The van der Waals surface area contributed by atoms with Crippen molar-refractivity contribution in [1.29, 1.82) is 0 Å². The number of ether oxygens (including phenoxy) is 1. The van der Waals surface area contributed by atoms with Crippen molar-refractivity contribution in [2.45, 2.75) is 26.3 Å².